The average Bonchev–Trinajstić information content (AvgIpc) is 3.09. The van der Waals surface area contributed by atoms with Gasteiger partial charge in [-0.25, -0.2) is 4.68 Å². The second-order valence-corrected chi connectivity index (χ2v) is 4.66. The Morgan fingerprint density at radius 1 is 1.24 bits per heavy atom. The van der Waals surface area contributed by atoms with Gasteiger partial charge in [0.15, 0.2) is 0 Å². The van der Waals surface area contributed by atoms with Gasteiger partial charge in [-0.2, -0.15) is 5.10 Å². The maximum absolute atomic E-state index is 4.62. The van der Waals surface area contributed by atoms with Gasteiger partial charge in [0.05, 0.1) is 11.4 Å². The molecule has 1 aromatic heterocycles. The lowest BCUT2D eigenvalue weighted by Gasteiger charge is -2.03. The molecule has 0 unspecified atom stereocenters. The fourth-order valence-electron chi connectivity index (χ4n) is 2.05. The van der Waals surface area contributed by atoms with Crippen LogP contribution in [0, 0.1) is 0 Å². The molecule has 0 saturated heterocycles. The molecule has 1 N–H and O–H groups in total. The van der Waals surface area contributed by atoms with Crippen LogP contribution >= 0.6 is 0 Å². The Morgan fingerprint density at radius 3 is 2.65 bits per heavy atom. The zero-order chi connectivity index (χ0) is 11.7. The second kappa shape index (κ2) is 4.34. The zero-order valence-corrected chi connectivity index (χ0v) is 10.1. The fraction of sp³-hybridized carbons (Fsp3) is 0.357. The van der Waals surface area contributed by atoms with Crippen LogP contribution in [0.5, 0.6) is 0 Å². The molecule has 1 aliphatic rings. The summed E-state index contributed by atoms with van der Waals surface area (Å²) < 4.78 is 1.97. The van der Waals surface area contributed by atoms with E-state index in [9.17, 15) is 0 Å². The molecule has 1 heterocycles. The van der Waals surface area contributed by atoms with Gasteiger partial charge in [-0.3, -0.25) is 0 Å². The summed E-state index contributed by atoms with van der Waals surface area (Å²) in [6, 6.07) is 10.7. The number of benzene rings is 1. The molecule has 3 nitrogen and oxygen atoms in total. The number of aromatic nitrogens is 2. The summed E-state index contributed by atoms with van der Waals surface area (Å²) >= 11 is 0. The maximum atomic E-state index is 4.62. The number of nitrogens with zero attached hydrogens (tertiary/aromatic N) is 2. The lowest BCUT2D eigenvalue weighted by atomic mass is 10.2. The molecule has 0 spiro atoms. The Kier molecular flexibility index (Phi) is 2.69. The third kappa shape index (κ3) is 2.24. The summed E-state index contributed by atoms with van der Waals surface area (Å²) in [6.45, 7) is 0.909. The summed E-state index contributed by atoms with van der Waals surface area (Å²) in [6.07, 6.45) is 4.66. The molecule has 88 valence electrons. The first-order chi connectivity index (χ1) is 8.36. The van der Waals surface area contributed by atoms with Crippen molar-refractivity contribution in [3.8, 4) is 5.69 Å². The van der Waals surface area contributed by atoms with E-state index in [2.05, 4.69) is 46.9 Å². The Hall–Kier alpha value is -1.61. The Bertz CT molecular complexity index is 494. The summed E-state index contributed by atoms with van der Waals surface area (Å²) in [4.78, 5) is 0. The smallest absolute Gasteiger partial charge is 0.0659 e. The van der Waals surface area contributed by atoms with E-state index in [1.807, 2.05) is 11.7 Å². The molecule has 1 saturated carbocycles. The van der Waals surface area contributed by atoms with E-state index in [1.165, 1.54) is 24.1 Å². The molecule has 3 heteroatoms. The molecule has 0 atom stereocenters. The van der Waals surface area contributed by atoms with E-state index in [0.717, 1.165) is 18.2 Å². The first-order valence-corrected chi connectivity index (χ1v) is 6.16. The van der Waals surface area contributed by atoms with Crippen molar-refractivity contribution in [3.05, 3.63) is 47.8 Å². The van der Waals surface area contributed by atoms with Crippen molar-refractivity contribution in [2.45, 2.75) is 25.3 Å². The van der Waals surface area contributed by atoms with Crippen LogP contribution in [-0.2, 0) is 6.54 Å². The van der Waals surface area contributed by atoms with Crippen LogP contribution in [0.15, 0.2) is 36.5 Å². The zero-order valence-electron chi connectivity index (χ0n) is 10.1. The molecule has 2 aromatic rings. The largest absolute Gasteiger partial charge is 0.316 e. The summed E-state index contributed by atoms with van der Waals surface area (Å²) in [7, 11) is 1.96. The maximum Gasteiger partial charge on any atom is 0.0659 e. The van der Waals surface area contributed by atoms with Gasteiger partial charge in [-0.1, -0.05) is 12.1 Å². The van der Waals surface area contributed by atoms with Gasteiger partial charge in [0.25, 0.3) is 0 Å². The Morgan fingerprint density at radius 2 is 2.00 bits per heavy atom. The number of hydrogen-bond acceptors (Lipinski definition) is 2. The average molecular weight is 227 g/mol. The van der Waals surface area contributed by atoms with Crippen molar-refractivity contribution in [2.24, 2.45) is 0 Å². The van der Waals surface area contributed by atoms with Crippen LogP contribution in [0.4, 0.5) is 0 Å². The molecule has 17 heavy (non-hydrogen) atoms. The van der Waals surface area contributed by atoms with E-state index in [4.69, 9.17) is 0 Å². The van der Waals surface area contributed by atoms with Gasteiger partial charge in [-0.15, -0.1) is 0 Å². The summed E-state index contributed by atoms with van der Waals surface area (Å²) in [5.74, 6) is 0.722. The SMILES string of the molecule is CNCc1ccc(-n2ccc(C3CC3)n2)cc1. The molecule has 0 amide bonds. The van der Waals surface area contributed by atoms with Gasteiger partial charge >= 0.3 is 0 Å². The van der Waals surface area contributed by atoms with Crippen LogP contribution in [0.3, 0.4) is 0 Å². The molecule has 3 rings (SSSR count). The second-order valence-electron chi connectivity index (χ2n) is 4.66. The molecular weight excluding hydrogens is 210 g/mol. The lowest BCUT2D eigenvalue weighted by Crippen LogP contribution is -2.05. The predicted octanol–water partition coefficient (Wildman–Crippen LogP) is 2.47. The normalized spacial score (nSPS) is 15.1. The minimum Gasteiger partial charge on any atom is -0.316 e. The predicted molar refractivity (Wildman–Crippen MR) is 68.3 cm³/mol. The number of nitrogens with one attached hydrogen (secondary N) is 1. The van der Waals surface area contributed by atoms with Gasteiger partial charge in [0.1, 0.15) is 0 Å². The third-order valence-corrected chi connectivity index (χ3v) is 3.19. The minimum atomic E-state index is 0.722. The summed E-state index contributed by atoms with van der Waals surface area (Å²) in [5, 5.41) is 7.77. The third-order valence-electron chi connectivity index (χ3n) is 3.19. The van der Waals surface area contributed by atoms with E-state index in [-0.39, 0.29) is 0 Å². The van der Waals surface area contributed by atoms with Crippen molar-refractivity contribution in [1.29, 1.82) is 0 Å². The Balaban J connectivity index is 1.81. The fourth-order valence-corrected chi connectivity index (χ4v) is 2.05. The first-order valence-electron chi connectivity index (χ1n) is 6.16. The monoisotopic (exact) mass is 227 g/mol. The van der Waals surface area contributed by atoms with Crippen LogP contribution < -0.4 is 5.32 Å². The summed E-state index contributed by atoms with van der Waals surface area (Å²) in [5.41, 5.74) is 3.67. The van der Waals surface area contributed by atoms with Crippen LogP contribution in [0.1, 0.15) is 30.0 Å². The highest BCUT2D eigenvalue weighted by atomic mass is 15.3. The highest BCUT2D eigenvalue weighted by Gasteiger charge is 2.25. The molecule has 0 bridgehead atoms. The molecule has 1 aromatic carbocycles. The van der Waals surface area contributed by atoms with E-state index in [0.29, 0.717) is 0 Å². The van der Waals surface area contributed by atoms with Crippen molar-refractivity contribution < 1.29 is 0 Å². The highest BCUT2D eigenvalue weighted by Crippen LogP contribution is 2.38. The van der Waals surface area contributed by atoms with Crippen molar-refractivity contribution in [2.75, 3.05) is 7.05 Å². The Labute approximate surface area is 101 Å². The van der Waals surface area contributed by atoms with E-state index in [1.54, 1.807) is 0 Å². The van der Waals surface area contributed by atoms with Crippen molar-refractivity contribution in [1.82, 2.24) is 15.1 Å². The quantitative estimate of drug-likeness (QED) is 0.869. The number of hydrogen-bond donors (Lipinski definition) is 1. The van der Waals surface area contributed by atoms with Crippen molar-refractivity contribution >= 4 is 0 Å². The molecular formula is C14H17N3. The van der Waals surface area contributed by atoms with E-state index < -0.39 is 0 Å². The minimum absolute atomic E-state index is 0.722. The van der Waals surface area contributed by atoms with Gasteiger partial charge < -0.3 is 5.32 Å². The lowest BCUT2D eigenvalue weighted by molar-refractivity contribution is 0.812. The van der Waals surface area contributed by atoms with Gasteiger partial charge in [0, 0.05) is 18.7 Å². The highest BCUT2D eigenvalue weighted by molar-refractivity contribution is 5.34. The van der Waals surface area contributed by atoms with Crippen LogP contribution in [0.2, 0.25) is 0 Å². The van der Waals surface area contributed by atoms with Crippen molar-refractivity contribution in [3.63, 3.8) is 0 Å². The van der Waals surface area contributed by atoms with Crippen LogP contribution in [0.25, 0.3) is 5.69 Å². The van der Waals surface area contributed by atoms with Gasteiger partial charge in [-0.05, 0) is 43.7 Å². The topological polar surface area (TPSA) is 29.9 Å². The number of rotatable bonds is 4. The molecule has 1 aliphatic carbocycles. The van der Waals surface area contributed by atoms with Crippen LogP contribution in [-0.4, -0.2) is 16.8 Å². The van der Waals surface area contributed by atoms with E-state index >= 15 is 0 Å². The first kappa shape index (κ1) is 10.5. The van der Waals surface area contributed by atoms with Gasteiger partial charge in [0.2, 0.25) is 0 Å². The molecule has 0 radical (unpaired) electrons. The molecule has 1 fully saturated rings. The molecule has 0 aliphatic heterocycles. The standard InChI is InChI=1S/C14H17N3/c1-15-10-11-2-6-13(7-3-11)17-9-8-14(16-17)12-4-5-12/h2-3,6-9,12,15H,4-5,10H2,1H3.